The molecule has 0 radical (unpaired) electrons. The lowest BCUT2D eigenvalue weighted by atomic mass is 10.3. The highest BCUT2D eigenvalue weighted by Crippen LogP contribution is 2.15. The number of nitrogens with one attached hydrogen (secondary N) is 1. The van der Waals surface area contributed by atoms with Crippen LogP contribution < -0.4 is 15.0 Å². The predicted octanol–water partition coefficient (Wildman–Crippen LogP) is 1.71. The van der Waals surface area contributed by atoms with Crippen LogP contribution in [0.15, 0.2) is 42.7 Å². The number of halogens is 1. The van der Waals surface area contributed by atoms with Gasteiger partial charge in [0.25, 0.3) is 0 Å². The quantitative estimate of drug-likeness (QED) is 0.661. The van der Waals surface area contributed by atoms with Crippen LogP contribution >= 0.6 is 0 Å². The minimum absolute atomic E-state index is 0.0811. The average Bonchev–Trinajstić information content (AvgIpc) is 2.74. The van der Waals surface area contributed by atoms with Crippen molar-refractivity contribution < 1.29 is 13.9 Å². The maximum absolute atomic E-state index is 13.4. The molecule has 1 aliphatic heterocycles. The summed E-state index contributed by atoms with van der Waals surface area (Å²) in [5.41, 5.74) is 0. The highest BCUT2D eigenvalue weighted by atomic mass is 19.1. The number of hydrogen-bond acceptors (Lipinski definition) is 6. The third-order valence-electron chi connectivity index (χ3n) is 4.60. The summed E-state index contributed by atoms with van der Waals surface area (Å²) in [4.78, 5) is 25.0. The van der Waals surface area contributed by atoms with E-state index < -0.39 is 5.82 Å². The van der Waals surface area contributed by atoms with Crippen LogP contribution in [0.2, 0.25) is 0 Å². The molecule has 0 bridgehead atoms. The first-order valence-electron chi connectivity index (χ1n) is 9.61. The summed E-state index contributed by atoms with van der Waals surface area (Å²) in [5, 5.41) is 2.89. The SMILES string of the molecule is O=C(CCOc1ccccc1F)NCCCN1CCN(c2ncccn2)CC1. The summed E-state index contributed by atoms with van der Waals surface area (Å²) in [7, 11) is 0. The van der Waals surface area contributed by atoms with E-state index in [0.717, 1.165) is 45.1 Å². The van der Waals surface area contributed by atoms with E-state index in [4.69, 9.17) is 4.74 Å². The Hall–Kier alpha value is -2.74. The smallest absolute Gasteiger partial charge is 0.225 e. The molecule has 0 unspecified atom stereocenters. The molecule has 1 N–H and O–H groups in total. The molecule has 1 aliphatic rings. The molecule has 1 aromatic heterocycles. The lowest BCUT2D eigenvalue weighted by molar-refractivity contribution is -0.121. The summed E-state index contributed by atoms with van der Waals surface area (Å²) in [6.07, 6.45) is 4.63. The van der Waals surface area contributed by atoms with Crippen LogP contribution in [0.1, 0.15) is 12.8 Å². The van der Waals surface area contributed by atoms with Crippen molar-refractivity contribution in [1.29, 1.82) is 0 Å². The molecule has 28 heavy (non-hydrogen) atoms. The summed E-state index contributed by atoms with van der Waals surface area (Å²) in [6, 6.07) is 8.01. The Labute approximate surface area is 164 Å². The van der Waals surface area contributed by atoms with Crippen LogP contribution in [0.25, 0.3) is 0 Å². The lowest BCUT2D eigenvalue weighted by Gasteiger charge is -2.34. The molecule has 1 fully saturated rings. The Bertz CT molecular complexity index is 738. The first-order chi connectivity index (χ1) is 13.7. The largest absolute Gasteiger partial charge is 0.490 e. The van der Waals surface area contributed by atoms with Gasteiger partial charge in [0.05, 0.1) is 13.0 Å². The summed E-state index contributed by atoms with van der Waals surface area (Å²) < 4.78 is 18.7. The van der Waals surface area contributed by atoms with Gasteiger partial charge in [-0.25, -0.2) is 14.4 Å². The fourth-order valence-corrected chi connectivity index (χ4v) is 3.06. The molecule has 1 aromatic carbocycles. The summed E-state index contributed by atoms with van der Waals surface area (Å²) in [5.74, 6) is 0.464. The Morgan fingerprint density at radius 3 is 2.61 bits per heavy atom. The fraction of sp³-hybridized carbons (Fsp3) is 0.450. The van der Waals surface area contributed by atoms with Gasteiger partial charge in [-0.3, -0.25) is 9.69 Å². The standard InChI is InChI=1S/C20H26FN5O2/c21-17-5-1-2-6-18(17)28-16-7-19(27)22-10-4-11-25-12-14-26(15-13-25)20-23-8-3-9-24-20/h1-3,5-6,8-9H,4,7,10-16H2,(H,22,27). The zero-order valence-corrected chi connectivity index (χ0v) is 15.9. The van der Waals surface area contributed by atoms with Crippen molar-refractivity contribution in [2.45, 2.75) is 12.8 Å². The fourth-order valence-electron chi connectivity index (χ4n) is 3.06. The van der Waals surface area contributed by atoms with Gasteiger partial charge in [0.1, 0.15) is 0 Å². The maximum Gasteiger partial charge on any atom is 0.225 e. The van der Waals surface area contributed by atoms with Crippen molar-refractivity contribution in [3.05, 3.63) is 48.5 Å². The van der Waals surface area contributed by atoms with E-state index in [-0.39, 0.29) is 24.7 Å². The number of nitrogens with zero attached hydrogens (tertiary/aromatic N) is 4. The van der Waals surface area contributed by atoms with Gasteiger partial charge in [0.15, 0.2) is 11.6 Å². The Morgan fingerprint density at radius 1 is 1.11 bits per heavy atom. The normalized spacial score (nSPS) is 14.7. The second-order valence-corrected chi connectivity index (χ2v) is 6.61. The van der Waals surface area contributed by atoms with Gasteiger partial charge in [-0.1, -0.05) is 12.1 Å². The number of anilines is 1. The third kappa shape index (κ3) is 6.16. The molecular weight excluding hydrogens is 361 g/mol. The number of carbonyl (C=O) groups excluding carboxylic acids is 1. The molecule has 150 valence electrons. The van der Waals surface area contributed by atoms with Crippen LogP contribution in [0.3, 0.4) is 0 Å². The lowest BCUT2D eigenvalue weighted by Crippen LogP contribution is -2.47. The Morgan fingerprint density at radius 2 is 1.86 bits per heavy atom. The molecular formula is C20H26FN5O2. The van der Waals surface area contributed by atoms with Gasteiger partial charge in [-0.05, 0) is 31.2 Å². The number of hydrogen-bond donors (Lipinski definition) is 1. The van der Waals surface area contributed by atoms with Gasteiger partial charge in [0.2, 0.25) is 11.9 Å². The molecule has 1 amide bonds. The minimum Gasteiger partial charge on any atom is -0.490 e. The van der Waals surface area contributed by atoms with Crippen molar-refractivity contribution in [1.82, 2.24) is 20.2 Å². The number of rotatable bonds is 9. The number of para-hydroxylation sites is 1. The number of aromatic nitrogens is 2. The van der Waals surface area contributed by atoms with Crippen LogP contribution in [-0.4, -0.2) is 66.7 Å². The Kier molecular flexibility index (Phi) is 7.54. The molecule has 0 atom stereocenters. The average molecular weight is 387 g/mol. The molecule has 7 nitrogen and oxygen atoms in total. The van der Waals surface area contributed by atoms with E-state index >= 15 is 0 Å². The molecule has 1 saturated heterocycles. The van der Waals surface area contributed by atoms with Gasteiger partial charge in [-0.2, -0.15) is 0 Å². The first-order valence-corrected chi connectivity index (χ1v) is 9.61. The van der Waals surface area contributed by atoms with Gasteiger partial charge >= 0.3 is 0 Å². The van der Waals surface area contributed by atoms with Crippen molar-refractivity contribution in [3.63, 3.8) is 0 Å². The molecule has 0 saturated carbocycles. The monoisotopic (exact) mass is 387 g/mol. The van der Waals surface area contributed by atoms with E-state index in [9.17, 15) is 9.18 Å². The topological polar surface area (TPSA) is 70.6 Å². The second-order valence-electron chi connectivity index (χ2n) is 6.61. The molecule has 2 aromatic rings. The van der Waals surface area contributed by atoms with Gasteiger partial charge in [-0.15, -0.1) is 0 Å². The third-order valence-corrected chi connectivity index (χ3v) is 4.60. The number of benzene rings is 1. The molecule has 0 aliphatic carbocycles. The van der Waals surface area contributed by atoms with Crippen LogP contribution in [0.5, 0.6) is 5.75 Å². The number of carbonyl (C=O) groups is 1. The van der Waals surface area contributed by atoms with Gasteiger partial charge < -0.3 is 15.0 Å². The predicted molar refractivity (Wildman–Crippen MR) is 105 cm³/mol. The molecule has 3 rings (SSSR count). The molecule has 0 spiro atoms. The van der Waals surface area contributed by atoms with Crippen molar-refractivity contribution >= 4 is 11.9 Å². The minimum atomic E-state index is -0.415. The summed E-state index contributed by atoms with van der Waals surface area (Å²) >= 11 is 0. The van der Waals surface area contributed by atoms with E-state index in [0.29, 0.717) is 6.54 Å². The zero-order chi connectivity index (χ0) is 19.6. The van der Waals surface area contributed by atoms with Gasteiger partial charge in [0, 0.05) is 45.1 Å². The van der Waals surface area contributed by atoms with Crippen molar-refractivity contribution in [3.8, 4) is 5.75 Å². The second kappa shape index (κ2) is 10.6. The van der Waals surface area contributed by atoms with Crippen LogP contribution in [0.4, 0.5) is 10.3 Å². The number of ether oxygens (including phenoxy) is 1. The van der Waals surface area contributed by atoms with E-state index in [1.165, 1.54) is 6.07 Å². The maximum atomic E-state index is 13.4. The molecule has 8 heteroatoms. The van der Waals surface area contributed by atoms with E-state index in [1.807, 2.05) is 6.07 Å². The highest BCUT2D eigenvalue weighted by Gasteiger charge is 2.18. The van der Waals surface area contributed by atoms with Crippen LogP contribution in [0, 0.1) is 5.82 Å². The first kappa shape index (κ1) is 20.0. The Balaban J connectivity index is 1.24. The number of amides is 1. The summed E-state index contributed by atoms with van der Waals surface area (Å²) in [6.45, 7) is 5.46. The molecule has 2 heterocycles. The van der Waals surface area contributed by atoms with E-state index in [2.05, 4.69) is 25.1 Å². The van der Waals surface area contributed by atoms with Crippen LogP contribution in [-0.2, 0) is 4.79 Å². The van der Waals surface area contributed by atoms with Crippen molar-refractivity contribution in [2.75, 3.05) is 50.8 Å². The number of piperazine rings is 1. The van der Waals surface area contributed by atoms with Crippen molar-refractivity contribution in [2.24, 2.45) is 0 Å². The highest BCUT2D eigenvalue weighted by molar-refractivity contribution is 5.75. The van der Waals surface area contributed by atoms with E-state index in [1.54, 1.807) is 30.6 Å². The zero-order valence-electron chi connectivity index (χ0n) is 15.9.